The molecule has 22 heteroatoms. The van der Waals surface area contributed by atoms with Crippen molar-refractivity contribution in [3.8, 4) is 0 Å². The van der Waals surface area contributed by atoms with E-state index in [1.807, 2.05) is 108 Å². The largest absolute Gasteiger partial charge is 0.393 e. The molecule has 14 rings (SSSR count). The molecule has 4 aliphatic heterocycles. The molecule has 4 fully saturated rings. The minimum Gasteiger partial charge on any atom is -0.393 e. The second-order valence-corrected chi connectivity index (χ2v) is 29.7. The molecular formula is C80H98Cl4N10O8. The first kappa shape index (κ1) is 77.6. The Hall–Kier alpha value is -7.01. The first-order valence-corrected chi connectivity index (χ1v) is 37.5. The van der Waals surface area contributed by atoms with Gasteiger partial charge in [-0.3, -0.25) is 43.6 Å². The number of halogens is 4. The lowest BCUT2D eigenvalue weighted by Gasteiger charge is -2.30. The highest BCUT2D eigenvalue weighted by Crippen LogP contribution is 2.31. The normalized spacial score (nSPS) is 17.0. The van der Waals surface area contributed by atoms with Crippen LogP contribution in [0.5, 0.6) is 0 Å². The number of H-pyrrole nitrogens is 5. The zero-order chi connectivity index (χ0) is 73.1. The Labute approximate surface area is 615 Å². The predicted octanol–water partition coefficient (Wildman–Crippen LogP) is 13.4. The number of β-amino-alcohol motifs (C(OH)–C–C–N with tert-alkyl or cyclic N) is 2. The van der Waals surface area contributed by atoms with Gasteiger partial charge in [-0.15, -0.1) is 0 Å². The average molecular weight is 1470 g/mol. The first-order valence-electron chi connectivity index (χ1n) is 36.0. The van der Waals surface area contributed by atoms with Gasteiger partial charge in [0.05, 0.1) is 18.3 Å². The molecule has 0 radical (unpaired) electrons. The highest BCUT2D eigenvalue weighted by Gasteiger charge is 2.26. The fourth-order valence-corrected chi connectivity index (χ4v) is 15.4. The maximum Gasteiger partial charge on any atom is 0.256 e. The number of fused-ring (bicyclic) bond motifs is 5. The molecule has 5 aromatic carbocycles. The van der Waals surface area contributed by atoms with Crippen LogP contribution in [0.2, 0.25) is 20.1 Å². The van der Waals surface area contributed by atoms with Crippen LogP contribution >= 0.6 is 46.4 Å². The summed E-state index contributed by atoms with van der Waals surface area (Å²) in [5.74, 6) is 0.280. The van der Waals surface area contributed by atoms with E-state index in [4.69, 9.17) is 46.4 Å². The SMILES string of the molecule is CC(C)c1[nH]c(=O)c2ccccc2c1CN1CCC(O)CC1.CCc1[nH]c(=O)c2cc(Cl)ccc2c1CN(C)C.CCc1[nH]c(=O)c2cc(Cl)ccc2c1CN1CCCC1.CCc1[nH]c(=O)c2cc(Cl)ccc2c1CN1CC[C@@H](O)C1.CCc1[nH]c(=O)c2cc(Cl)ccc2c1CN1CC[C@H](O)C1. The van der Waals surface area contributed by atoms with E-state index in [0.717, 1.165) is 195 Å². The minimum atomic E-state index is -0.237. The summed E-state index contributed by atoms with van der Waals surface area (Å²) in [7, 11) is 4.04. The summed E-state index contributed by atoms with van der Waals surface area (Å²) >= 11 is 24.0. The second kappa shape index (κ2) is 35.6. The Morgan fingerprint density at radius 2 is 0.696 bits per heavy atom. The number of aromatic amines is 5. The van der Waals surface area contributed by atoms with Crippen molar-refractivity contribution in [3.05, 3.63) is 225 Å². The fourth-order valence-electron chi connectivity index (χ4n) is 14.7. The van der Waals surface area contributed by atoms with Crippen molar-refractivity contribution in [2.75, 3.05) is 66.5 Å². The average Bonchev–Trinajstić information content (AvgIpc) is 0.964. The Morgan fingerprint density at radius 1 is 0.392 bits per heavy atom. The van der Waals surface area contributed by atoms with Crippen LogP contribution in [0.25, 0.3) is 53.9 Å². The molecule has 0 aliphatic carbocycles. The summed E-state index contributed by atoms with van der Waals surface area (Å²) in [6.07, 6.45) is 8.42. The second-order valence-electron chi connectivity index (χ2n) is 27.9. The molecule has 18 nitrogen and oxygen atoms in total. The van der Waals surface area contributed by atoms with Gasteiger partial charge in [0, 0.05) is 147 Å². The van der Waals surface area contributed by atoms with Crippen molar-refractivity contribution >= 4 is 100 Å². The highest BCUT2D eigenvalue weighted by molar-refractivity contribution is 6.32. The van der Waals surface area contributed by atoms with Gasteiger partial charge in [0.25, 0.3) is 27.8 Å². The molecule has 0 bridgehead atoms. The van der Waals surface area contributed by atoms with Gasteiger partial charge in [0.2, 0.25) is 0 Å². The summed E-state index contributed by atoms with van der Waals surface area (Å²) in [5, 5.41) is 39.8. The van der Waals surface area contributed by atoms with Gasteiger partial charge in [-0.1, -0.05) is 130 Å². The van der Waals surface area contributed by atoms with Crippen LogP contribution in [0.3, 0.4) is 0 Å². The molecule has 544 valence electrons. The van der Waals surface area contributed by atoms with Crippen LogP contribution in [0.4, 0.5) is 0 Å². The standard InChI is InChI=1S/C18H24N2O2.2C16H19ClN2O2.C16H19ClN2O.C14H17ClN2O/c1-12(2)17-16(11-20-9-7-13(21)8-10-20)14-5-3-4-6-15(14)18(22)19-17;2*1-2-15-14(9-19-6-5-11(20)8-19)12-4-3-10(17)7-13(12)16(21)18-15;1-2-15-14(10-19-7-3-4-8-19)12-6-5-11(17)9-13(12)16(20)18-15;1-4-13-12(8-17(2)3)10-6-5-9(15)7-11(10)14(18)16-13/h3-6,12-13,21H,7-11H2,1-2H3,(H,19,22);2*3-4,7,11,20H,2,5-6,8-9H2,1H3,(H,18,21);5-6,9H,2-4,7-8,10H2,1H3,(H,18,20);5-7H,4,8H2,1-3H3,(H,16,18)/t;2*11-;;/m.10../s1. The van der Waals surface area contributed by atoms with Gasteiger partial charge >= 0.3 is 0 Å². The highest BCUT2D eigenvalue weighted by atomic mass is 35.5. The van der Waals surface area contributed by atoms with Crippen molar-refractivity contribution < 1.29 is 15.3 Å². The number of benzene rings is 5. The van der Waals surface area contributed by atoms with Crippen molar-refractivity contribution in [2.24, 2.45) is 0 Å². The monoisotopic (exact) mass is 1470 g/mol. The van der Waals surface area contributed by atoms with E-state index in [1.54, 1.807) is 24.3 Å². The van der Waals surface area contributed by atoms with Gasteiger partial charge in [0.15, 0.2) is 0 Å². The molecule has 0 unspecified atom stereocenters. The minimum absolute atomic E-state index is 0.00267. The third-order valence-electron chi connectivity index (χ3n) is 20.0. The van der Waals surface area contributed by atoms with Crippen molar-refractivity contribution in [3.63, 3.8) is 0 Å². The van der Waals surface area contributed by atoms with E-state index in [9.17, 15) is 39.3 Å². The third-order valence-corrected chi connectivity index (χ3v) is 21.0. The zero-order valence-electron chi connectivity index (χ0n) is 59.9. The third kappa shape index (κ3) is 19.1. The lowest BCUT2D eigenvalue weighted by molar-refractivity contribution is 0.0792. The van der Waals surface area contributed by atoms with Gasteiger partial charge in [-0.05, 0) is 207 Å². The number of likely N-dealkylation sites (tertiary alicyclic amines) is 4. The van der Waals surface area contributed by atoms with E-state index in [-0.39, 0.29) is 52.0 Å². The van der Waals surface area contributed by atoms with Crippen LogP contribution in [0.1, 0.15) is 142 Å². The van der Waals surface area contributed by atoms with Gasteiger partial charge < -0.3 is 45.1 Å². The van der Waals surface area contributed by atoms with Crippen LogP contribution in [0.15, 0.2) is 121 Å². The maximum atomic E-state index is 12.3. The number of piperidine rings is 1. The first-order chi connectivity index (χ1) is 48.9. The summed E-state index contributed by atoms with van der Waals surface area (Å²) in [6.45, 7) is 23.8. The number of nitrogens with one attached hydrogen (secondary N) is 5. The zero-order valence-corrected chi connectivity index (χ0v) is 63.0. The van der Waals surface area contributed by atoms with Crippen LogP contribution in [-0.2, 0) is 58.4 Å². The lowest BCUT2D eigenvalue weighted by Crippen LogP contribution is -2.36. The smallest absolute Gasteiger partial charge is 0.256 e. The molecule has 102 heavy (non-hydrogen) atoms. The molecule has 4 aliphatic rings. The number of aliphatic hydroxyl groups is 3. The topological polar surface area (TPSA) is 241 Å². The number of aryl methyl sites for hydroxylation is 4. The Balaban J connectivity index is 0.000000137. The number of aliphatic hydroxyl groups excluding tert-OH is 3. The quantitative estimate of drug-likeness (QED) is 0.0477. The molecule has 0 saturated carbocycles. The Kier molecular flexibility index (Phi) is 27.1. The number of pyridine rings is 5. The molecule has 2 atom stereocenters. The predicted molar refractivity (Wildman–Crippen MR) is 419 cm³/mol. The van der Waals surface area contributed by atoms with Crippen LogP contribution < -0.4 is 27.8 Å². The number of hydrogen-bond donors (Lipinski definition) is 8. The van der Waals surface area contributed by atoms with Crippen LogP contribution in [0, 0.1) is 0 Å². The maximum absolute atomic E-state index is 12.3. The molecule has 4 saturated heterocycles. The summed E-state index contributed by atoms with van der Waals surface area (Å²) < 4.78 is 0. The molecule has 10 aromatic rings. The van der Waals surface area contributed by atoms with E-state index in [0.29, 0.717) is 54.7 Å². The molecule has 9 heterocycles. The number of hydrogen-bond acceptors (Lipinski definition) is 13. The summed E-state index contributed by atoms with van der Waals surface area (Å²) in [4.78, 5) is 87.3. The Morgan fingerprint density at radius 3 is 1.05 bits per heavy atom. The lowest BCUT2D eigenvalue weighted by atomic mass is 9.96. The van der Waals surface area contributed by atoms with E-state index in [2.05, 4.69) is 70.2 Å². The van der Waals surface area contributed by atoms with Gasteiger partial charge in [-0.2, -0.15) is 0 Å². The number of aromatic nitrogens is 5. The number of rotatable bonds is 15. The van der Waals surface area contributed by atoms with Crippen molar-refractivity contribution in [1.29, 1.82) is 0 Å². The van der Waals surface area contributed by atoms with Gasteiger partial charge in [-0.25, -0.2) is 0 Å². The molecule has 8 N–H and O–H groups in total. The fraction of sp³-hybridized carbons (Fsp3) is 0.438. The summed E-state index contributed by atoms with van der Waals surface area (Å²) in [6, 6.07) is 29.9. The number of nitrogens with zero attached hydrogens (tertiary/aromatic N) is 5. The van der Waals surface area contributed by atoms with Gasteiger partial charge in [0.1, 0.15) is 0 Å². The van der Waals surface area contributed by atoms with Crippen molar-refractivity contribution in [1.82, 2.24) is 49.4 Å². The molecule has 5 aromatic heterocycles. The van der Waals surface area contributed by atoms with E-state index < -0.39 is 0 Å². The Bertz CT molecular complexity index is 4780. The molecule has 0 amide bonds. The summed E-state index contributed by atoms with van der Waals surface area (Å²) in [5.41, 5.74) is 10.7. The van der Waals surface area contributed by atoms with Crippen molar-refractivity contribution in [2.45, 2.75) is 163 Å². The van der Waals surface area contributed by atoms with E-state index >= 15 is 0 Å². The molecular weight excluding hydrogens is 1370 g/mol. The molecule has 0 spiro atoms. The van der Waals surface area contributed by atoms with Crippen LogP contribution in [-0.4, -0.2) is 150 Å². The van der Waals surface area contributed by atoms with E-state index in [1.165, 1.54) is 29.5 Å².